The predicted molar refractivity (Wildman–Crippen MR) is 80.4 cm³/mol. The van der Waals surface area contributed by atoms with Gasteiger partial charge >= 0.3 is 0 Å². The number of aliphatic hydroxyl groups excluding tert-OH is 1. The van der Waals surface area contributed by atoms with E-state index in [0.717, 1.165) is 31.0 Å². The summed E-state index contributed by atoms with van der Waals surface area (Å²) < 4.78 is 1.86. The van der Waals surface area contributed by atoms with Gasteiger partial charge in [-0.15, -0.1) is 0 Å². The molecule has 2 aromatic heterocycles. The topological polar surface area (TPSA) is 67.1 Å². The molecule has 3 heterocycles. The van der Waals surface area contributed by atoms with Crippen molar-refractivity contribution in [3.63, 3.8) is 0 Å². The number of hydrogen-bond acceptors (Lipinski definition) is 5. The van der Waals surface area contributed by atoms with Crippen molar-refractivity contribution in [3.05, 3.63) is 31.1 Å². The summed E-state index contributed by atoms with van der Waals surface area (Å²) in [5.74, 6) is 1.65. The van der Waals surface area contributed by atoms with Crippen LogP contribution in [-0.2, 0) is 0 Å². The highest BCUT2D eigenvalue weighted by atomic mass is 16.3. The standard InChI is InChI=1S/C15H21N5O/c1-15(2)4-3-12(8-21)20(9-15)14-7-13(17-10-18-14)19-6-5-16-11-19/h5-7,10-12,21H,3-4,8-9H2,1-2H3. The largest absolute Gasteiger partial charge is 0.394 e. The van der Waals surface area contributed by atoms with Gasteiger partial charge in [-0.25, -0.2) is 15.0 Å². The Morgan fingerprint density at radius 1 is 1.33 bits per heavy atom. The lowest BCUT2D eigenvalue weighted by Crippen LogP contribution is -2.49. The first-order valence-corrected chi connectivity index (χ1v) is 7.27. The highest BCUT2D eigenvalue weighted by molar-refractivity contribution is 5.45. The van der Waals surface area contributed by atoms with Gasteiger partial charge in [-0.05, 0) is 18.3 Å². The van der Waals surface area contributed by atoms with Gasteiger partial charge in [0, 0.05) is 25.0 Å². The van der Waals surface area contributed by atoms with E-state index in [4.69, 9.17) is 0 Å². The van der Waals surface area contributed by atoms with E-state index in [1.165, 1.54) is 0 Å². The Balaban J connectivity index is 1.92. The number of imidazole rings is 1. The zero-order valence-corrected chi connectivity index (χ0v) is 12.5. The molecule has 1 atom stereocenters. The molecule has 1 aliphatic heterocycles. The average Bonchev–Trinajstić information content (AvgIpc) is 3.01. The maximum Gasteiger partial charge on any atom is 0.143 e. The smallest absolute Gasteiger partial charge is 0.143 e. The summed E-state index contributed by atoms with van der Waals surface area (Å²) in [6.45, 7) is 5.55. The number of rotatable bonds is 3. The van der Waals surface area contributed by atoms with Gasteiger partial charge in [0.05, 0.1) is 12.6 Å². The van der Waals surface area contributed by atoms with E-state index in [1.54, 1.807) is 18.9 Å². The number of piperidine rings is 1. The third-order valence-corrected chi connectivity index (χ3v) is 4.11. The van der Waals surface area contributed by atoms with Crippen LogP contribution >= 0.6 is 0 Å². The predicted octanol–water partition coefficient (Wildman–Crippen LogP) is 1.65. The number of anilines is 1. The Labute approximate surface area is 124 Å². The van der Waals surface area contributed by atoms with Crippen molar-refractivity contribution >= 4 is 5.82 Å². The summed E-state index contributed by atoms with van der Waals surface area (Å²) in [6.07, 6.45) is 8.97. The van der Waals surface area contributed by atoms with Crippen LogP contribution in [0.3, 0.4) is 0 Å². The fourth-order valence-corrected chi connectivity index (χ4v) is 2.87. The second-order valence-electron chi connectivity index (χ2n) is 6.37. The van der Waals surface area contributed by atoms with E-state index >= 15 is 0 Å². The summed E-state index contributed by atoms with van der Waals surface area (Å²) in [7, 11) is 0. The first-order chi connectivity index (χ1) is 10.1. The van der Waals surface area contributed by atoms with Gasteiger partial charge < -0.3 is 10.0 Å². The Morgan fingerprint density at radius 3 is 2.86 bits per heavy atom. The number of hydrogen-bond donors (Lipinski definition) is 1. The molecule has 1 fully saturated rings. The van der Waals surface area contributed by atoms with E-state index in [1.807, 2.05) is 16.8 Å². The van der Waals surface area contributed by atoms with Crippen LogP contribution in [0.1, 0.15) is 26.7 Å². The molecule has 6 nitrogen and oxygen atoms in total. The molecule has 0 saturated carbocycles. The van der Waals surface area contributed by atoms with Crippen LogP contribution in [-0.4, -0.2) is 43.8 Å². The first kappa shape index (κ1) is 14.0. The Morgan fingerprint density at radius 2 is 2.14 bits per heavy atom. The summed E-state index contributed by atoms with van der Waals surface area (Å²) >= 11 is 0. The average molecular weight is 287 g/mol. The highest BCUT2D eigenvalue weighted by Gasteiger charge is 2.33. The van der Waals surface area contributed by atoms with Crippen LogP contribution in [0.2, 0.25) is 0 Å². The van der Waals surface area contributed by atoms with E-state index in [9.17, 15) is 5.11 Å². The molecule has 0 aliphatic carbocycles. The summed E-state index contributed by atoms with van der Waals surface area (Å²) in [6, 6.07) is 2.08. The lowest BCUT2D eigenvalue weighted by molar-refractivity contribution is 0.189. The second-order valence-corrected chi connectivity index (χ2v) is 6.37. The van der Waals surface area contributed by atoms with Gasteiger partial charge in [0.1, 0.15) is 24.3 Å². The minimum atomic E-state index is 0.128. The van der Waals surface area contributed by atoms with Crippen LogP contribution in [0.5, 0.6) is 0 Å². The molecule has 6 heteroatoms. The second kappa shape index (κ2) is 5.44. The molecule has 1 unspecified atom stereocenters. The molecule has 21 heavy (non-hydrogen) atoms. The summed E-state index contributed by atoms with van der Waals surface area (Å²) in [4.78, 5) is 14.9. The highest BCUT2D eigenvalue weighted by Crippen LogP contribution is 2.34. The quantitative estimate of drug-likeness (QED) is 0.929. The van der Waals surface area contributed by atoms with Gasteiger partial charge in [0.25, 0.3) is 0 Å². The molecule has 0 spiro atoms. The summed E-state index contributed by atoms with van der Waals surface area (Å²) in [5.41, 5.74) is 0.228. The molecular formula is C15H21N5O. The molecular weight excluding hydrogens is 266 g/mol. The van der Waals surface area contributed by atoms with Crippen molar-refractivity contribution in [2.75, 3.05) is 18.1 Å². The Hall–Kier alpha value is -1.95. The van der Waals surface area contributed by atoms with E-state index < -0.39 is 0 Å². The van der Waals surface area contributed by atoms with Crippen LogP contribution in [0.15, 0.2) is 31.1 Å². The van der Waals surface area contributed by atoms with Crippen LogP contribution in [0.25, 0.3) is 5.82 Å². The van der Waals surface area contributed by atoms with Gasteiger partial charge in [0.2, 0.25) is 0 Å². The molecule has 1 saturated heterocycles. The van der Waals surface area contributed by atoms with Crippen LogP contribution in [0, 0.1) is 5.41 Å². The monoisotopic (exact) mass is 287 g/mol. The zero-order valence-electron chi connectivity index (χ0n) is 12.5. The van der Waals surface area contributed by atoms with Gasteiger partial charge in [-0.1, -0.05) is 13.8 Å². The van der Waals surface area contributed by atoms with Crippen molar-refractivity contribution in [3.8, 4) is 5.82 Å². The van der Waals surface area contributed by atoms with Crippen molar-refractivity contribution < 1.29 is 5.11 Å². The number of aromatic nitrogens is 4. The SMILES string of the molecule is CC1(C)CCC(CO)N(c2cc(-n3ccnc3)ncn2)C1. The molecule has 1 N–H and O–H groups in total. The van der Waals surface area contributed by atoms with Crippen LogP contribution in [0.4, 0.5) is 5.82 Å². The zero-order chi connectivity index (χ0) is 14.9. The van der Waals surface area contributed by atoms with E-state index in [-0.39, 0.29) is 18.1 Å². The van der Waals surface area contributed by atoms with Crippen molar-refractivity contribution in [1.82, 2.24) is 19.5 Å². The van der Waals surface area contributed by atoms with Crippen molar-refractivity contribution in [2.45, 2.75) is 32.7 Å². The van der Waals surface area contributed by atoms with Crippen molar-refractivity contribution in [1.29, 1.82) is 0 Å². The molecule has 0 radical (unpaired) electrons. The van der Waals surface area contributed by atoms with E-state index in [2.05, 4.69) is 33.7 Å². The molecule has 3 rings (SSSR count). The third-order valence-electron chi connectivity index (χ3n) is 4.11. The molecule has 2 aromatic rings. The molecule has 112 valence electrons. The van der Waals surface area contributed by atoms with Crippen LogP contribution < -0.4 is 4.90 Å². The van der Waals surface area contributed by atoms with Gasteiger partial charge in [0.15, 0.2) is 0 Å². The van der Waals surface area contributed by atoms with Crippen molar-refractivity contribution in [2.24, 2.45) is 5.41 Å². The maximum absolute atomic E-state index is 9.65. The van der Waals surface area contributed by atoms with Gasteiger partial charge in [-0.3, -0.25) is 4.57 Å². The Kier molecular flexibility index (Phi) is 3.63. The maximum atomic E-state index is 9.65. The molecule has 0 bridgehead atoms. The summed E-state index contributed by atoms with van der Waals surface area (Å²) in [5, 5.41) is 9.65. The molecule has 1 aliphatic rings. The first-order valence-electron chi connectivity index (χ1n) is 7.27. The van der Waals surface area contributed by atoms with Gasteiger partial charge in [-0.2, -0.15) is 0 Å². The van der Waals surface area contributed by atoms with E-state index in [0.29, 0.717) is 0 Å². The number of aliphatic hydroxyl groups is 1. The Bertz CT molecular complexity index is 596. The molecule has 0 amide bonds. The fraction of sp³-hybridized carbons (Fsp3) is 0.533. The normalized spacial score (nSPS) is 21.5. The fourth-order valence-electron chi connectivity index (χ4n) is 2.87. The lowest BCUT2D eigenvalue weighted by atomic mass is 9.81. The minimum Gasteiger partial charge on any atom is -0.394 e. The molecule has 0 aromatic carbocycles. The minimum absolute atomic E-state index is 0.128. The lowest BCUT2D eigenvalue weighted by Gasteiger charge is -2.43. The third kappa shape index (κ3) is 2.90. The number of nitrogens with zero attached hydrogens (tertiary/aromatic N) is 5.